The summed E-state index contributed by atoms with van der Waals surface area (Å²) in [4.78, 5) is 31.9. The van der Waals surface area contributed by atoms with Crippen molar-refractivity contribution in [2.75, 3.05) is 41.3 Å². The number of nitrogens with zero attached hydrogens (tertiary/aromatic N) is 5. The number of piperazine rings is 1. The van der Waals surface area contributed by atoms with E-state index in [1.54, 1.807) is 12.4 Å². The second-order valence-electron chi connectivity index (χ2n) is 10.5. The molecule has 4 aromatic rings. The van der Waals surface area contributed by atoms with E-state index in [4.69, 9.17) is 4.98 Å². The minimum Gasteiger partial charge on any atom is -0.353 e. The Morgan fingerprint density at radius 3 is 2.34 bits per heavy atom. The van der Waals surface area contributed by atoms with Crippen molar-refractivity contribution >= 4 is 34.3 Å². The van der Waals surface area contributed by atoms with Crippen LogP contribution in [0.25, 0.3) is 10.9 Å². The van der Waals surface area contributed by atoms with E-state index in [2.05, 4.69) is 56.3 Å². The van der Waals surface area contributed by atoms with E-state index in [9.17, 15) is 4.79 Å². The molecule has 2 fully saturated rings. The minimum atomic E-state index is -0.115. The summed E-state index contributed by atoms with van der Waals surface area (Å²) < 4.78 is 0. The summed E-state index contributed by atoms with van der Waals surface area (Å²) in [5.74, 6) is 2.15. The van der Waals surface area contributed by atoms with Crippen molar-refractivity contribution in [2.24, 2.45) is 5.92 Å². The Hall–Kier alpha value is -4.00. The van der Waals surface area contributed by atoms with E-state index in [-0.39, 0.29) is 11.8 Å². The Morgan fingerprint density at radius 1 is 0.895 bits per heavy atom. The van der Waals surface area contributed by atoms with Crippen molar-refractivity contribution < 1.29 is 4.79 Å². The van der Waals surface area contributed by atoms with Crippen molar-refractivity contribution in [1.29, 1.82) is 0 Å². The normalized spacial score (nSPS) is 17.1. The number of carbonyl (C=O) groups excluding carboxylic acids is 1. The third-order valence-corrected chi connectivity index (χ3v) is 8.02. The van der Waals surface area contributed by atoms with Gasteiger partial charge in [-0.3, -0.25) is 4.79 Å². The maximum absolute atomic E-state index is 13.6. The first-order chi connectivity index (χ1) is 18.7. The molecule has 0 bridgehead atoms. The molecule has 1 N–H and O–H groups in total. The van der Waals surface area contributed by atoms with Gasteiger partial charge in [-0.05, 0) is 67.1 Å². The van der Waals surface area contributed by atoms with Gasteiger partial charge in [-0.1, -0.05) is 43.2 Å². The number of hydrogen-bond donors (Lipinski definition) is 1. The van der Waals surface area contributed by atoms with Crippen molar-refractivity contribution in [3.05, 3.63) is 84.2 Å². The standard InChI is InChI=1S/C31H34N6O/c1-22-20-28(36-16-18-37(19-17-36)31-32-14-7-15-33-31)35-27-13-12-25(21-26(22)27)34-30(38)29(24-10-5-6-11-24)23-8-3-2-4-9-23/h2-4,7-9,12-15,20-21,24,29H,5-6,10-11,16-19H2,1H3,(H,34,38). The number of aromatic nitrogens is 3. The summed E-state index contributed by atoms with van der Waals surface area (Å²) in [5, 5.41) is 4.31. The zero-order valence-corrected chi connectivity index (χ0v) is 21.9. The summed E-state index contributed by atoms with van der Waals surface area (Å²) >= 11 is 0. The first kappa shape index (κ1) is 24.3. The largest absolute Gasteiger partial charge is 0.353 e. The molecule has 2 aromatic carbocycles. The molecule has 7 heteroatoms. The van der Waals surface area contributed by atoms with Crippen LogP contribution >= 0.6 is 0 Å². The van der Waals surface area contributed by atoms with Crippen LogP contribution in [-0.4, -0.2) is 47.0 Å². The molecule has 1 unspecified atom stereocenters. The van der Waals surface area contributed by atoms with Crippen molar-refractivity contribution in [2.45, 2.75) is 38.5 Å². The Bertz CT molecular complexity index is 1400. The Labute approximate surface area is 223 Å². The van der Waals surface area contributed by atoms with Gasteiger partial charge < -0.3 is 15.1 Å². The predicted molar refractivity (Wildman–Crippen MR) is 153 cm³/mol. The minimum absolute atomic E-state index is 0.0879. The molecule has 1 saturated heterocycles. The topological polar surface area (TPSA) is 74.2 Å². The monoisotopic (exact) mass is 506 g/mol. The number of amides is 1. The number of fused-ring (bicyclic) bond motifs is 1. The highest BCUT2D eigenvalue weighted by Gasteiger charge is 2.32. The van der Waals surface area contributed by atoms with Crippen LogP contribution in [0.15, 0.2) is 73.1 Å². The molecule has 2 aromatic heterocycles. The molecule has 1 amide bonds. The van der Waals surface area contributed by atoms with Gasteiger partial charge in [0.25, 0.3) is 0 Å². The number of pyridine rings is 1. The van der Waals surface area contributed by atoms with Gasteiger partial charge in [0.15, 0.2) is 0 Å². The highest BCUT2D eigenvalue weighted by atomic mass is 16.1. The van der Waals surface area contributed by atoms with Gasteiger partial charge in [0.1, 0.15) is 5.82 Å². The fourth-order valence-electron chi connectivity index (χ4n) is 6.02. The van der Waals surface area contributed by atoms with E-state index in [0.29, 0.717) is 5.92 Å². The molecule has 194 valence electrons. The van der Waals surface area contributed by atoms with Crippen LogP contribution < -0.4 is 15.1 Å². The highest BCUT2D eigenvalue weighted by molar-refractivity contribution is 5.98. The number of anilines is 3. The summed E-state index contributed by atoms with van der Waals surface area (Å²) in [6.45, 7) is 5.58. The van der Waals surface area contributed by atoms with E-state index < -0.39 is 0 Å². The number of hydrogen-bond acceptors (Lipinski definition) is 6. The molecule has 1 atom stereocenters. The SMILES string of the molecule is Cc1cc(N2CCN(c3ncccn3)CC2)nc2ccc(NC(=O)C(c3ccccc3)C3CCCC3)cc12. The first-order valence-electron chi connectivity index (χ1n) is 13.7. The third-order valence-electron chi connectivity index (χ3n) is 8.02. The summed E-state index contributed by atoms with van der Waals surface area (Å²) in [5.41, 5.74) is 4.04. The lowest BCUT2D eigenvalue weighted by molar-refractivity contribution is -0.118. The van der Waals surface area contributed by atoms with Crippen LogP contribution in [-0.2, 0) is 4.79 Å². The maximum Gasteiger partial charge on any atom is 0.232 e. The molecule has 6 rings (SSSR count). The van der Waals surface area contributed by atoms with Gasteiger partial charge in [-0.15, -0.1) is 0 Å². The lowest BCUT2D eigenvalue weighted by Crippen LogP contribution is -2.47. The smallest absolute Gasteiger partial charge is 0.232 e. The fraction of sp³-hybridized carbons (Fsp3) is 0.355. The lowest BCUT2D eigenvalue weighted by atomic mass is 9.84. The van der Waals surface area contributed by atoms with Gasteiger partial charge in [0.2, 0.25) is 11.9 Å². The van der Waals surface area contributed by atoms with Crippen LogP contribution in [0, 0.1) is 12.8 Å². The average molecular weight is 507 g/mol. The average Bonchev–Trinajstić information content (AvgIpc) is 3.49. The summed E-state index contributed by atoms with van der Waals surface area (Å²) in [7, 11) is 0. The van der Waals surface area contributed by atoms with Crippen molar-refractivity contribution in [3.8, 4) is 0 Å². The van der Waals surface area contributed by atoms with Gasteiger partial charge in [-0.2, -0.15) is 0 Å². The van der Waals surface area contributed by atoms with Gasteiger partial charge >= 0.3 is 0 Å². The molecule has 1 saturated carbocycles. The summed E-state index contributed by atoms with van der Waals surface area (Å²) in [6.07, 6.45) is 8.22. The van der Waals surface area contributed by atoms with E-state index in [1.165, 1.54) is 12.8 Å². The molecule has 38 heavy (non-hydrogen) atoms. The quantitative estimate of drug-likeness (QED) is 0.368. The van der Waals surface area contributed by atoms with Gasteiger partial charge in [-0.25, -0.2) is 15.0 Å². The molecule has 0 radical (unpaired) electrons. The second kappa shape index (κ2) is 10.8. The molecular weight excluding hydrogens is 472 g/mol. The van der Waals surface area contributed by atoms with Crippen LogP contribution in [0.3, 0.4) is 0 Å². The van der Waals surface area contributed by atoms with Gasteiger partial charge in [0, 0.05) is 49.6 Å². The molecular formula is C31H34N6O. The van der Waals surface area contributed by atoms with Crippen molar-refractivity contribution in [3.63, 3.8) is 0 Å². The van der Waals surface area contributed by atoms with E-state index in [1.807, 2.05) is 36.4 Å². The number of carbonyl (C=O) groups is 1. The second-order valence-corrected chi connectivity index (χ2v) is 10.5. The van der Waals surface area contributed by atoms with Crippen LogP contribution in [0.4, 0.5) is 17.5 Å². The predicted octanol–water partition coefficient (Wildman–Crippen LogP) is 5.57. The Kier molecular flexibility index (Phi) is 6.90. The molecule has 3 heterocycles. The zero-order valence-electron chi connectivity index (χ0n) is 21.9. The van der Waals surface area contributed by atoms with E-state index in [0.717, 1.165) is 78.5 Å². The Balaban J connectivity index is 1.18. The Morgan fingerprint density at radius 2 is 1.61 bits per heavy atom. The lowest BCUT2D eigenvalue weighted by Gasteiger charge is -2.35. The molecule has 1 aliphatic carbocycles. The van der Waals surface area contributed by atoms with Crippen LogP contribution in [0.5, 0.6) is 0 Å². The molecule has 1 aliphatic heterocycles. The molecule has 2 aliphatic rings. The maximum atomic E-state index is 13.6. The van der Waals surface area contributed by atoms with Gasteiger partial charge in [0.05, 0.1) is 11.4 Å². The number of rotatable bonds is 6. The summed E-state index contributed by atoms with van der Waals surface area (Å²) in [6, 6.07) is 20.3. The number of aryl methyl sites for hydroxylation is 1. The number of benzene rings is 2. The zero-order chi connectivity index (χ0) is 25.9. The molecule has 7 nitrogen and oxygen atoms in total. The third kappa shape index (κ3) is 5.05. The number of nitrogens with one attached hydrogen (secondary N) is 1. The van der Waals surface area contributed by atoms with Crippen molar-refractivity contribution in [1.82, 2.24) is 15.0 Å². The molecule has 0 spiro atoms. The fourth-order valence-corrected chi connectivity index (χ4v) is 6.02. The van der Waals surface area contributed by atoms with Crippen LogP contribution in [0.2, 0.25) is 0 Å². The first-order valence-corrected chi connectivity index (χ1v) is 13.7. The van der Waals surface area contributed by atoms with E-state index >= 15 is 0 Å². The van der Waals surface area contributed by atoms with Crippen LogP contribution in [0.1, 0.15) is 42.7 Å². The highest BCUT2D eigenvalue weighted by Crippen LogP contribution is 2.38.